The Morgan fingerprint density at radius 1 is 0.944 bits per heavy atom. The van der Waals surface area contributed by atoms with Crippen LogP contribution in [-0.2, 0) is 0 Å². The lowest BCUT2D eigenvalue weighted by atomic mass is 9.40. The van der Waals surface area contributed by atoms with Crippen molar-refractivity contribution in [1.29, 1.82) is 0 Å². The van der Waals surface area contributed by atoms with Crippen molar-refractivity contribution >= 4 is 20.5 Å². The van der Waals surface area contributed by atoms with E-state index < -0.39 is 33.6 Å². The topological polar surface area (TPSA) is 80.9 Å². The molecular weight excluding hydrogens is 251 g/mol. The number of thiol groups is 1. The first kappa shape index (κ1) is 16.3. The molecule has 1 fully saturated rings. The van der Waals surface area contributed by atoms with Crippen molar-refractivity contribution in [2.45, 2.75) is 51.5 Å². The molecular formula is C12H25BO4S. The summed E-state index contributed by atoms with van der Waals surface area (Å²) in [5.41, 5.74) is -5.06. The van der Waals surface area contributed by atoms with E-state index in [0.717, 1.165) is 0 Å². The maximum atomic E-state index is 10.8. The quantitative estimate of drug-likeness (QED) is 0.250. The number of hydrogen-bond acceptors (Lipinski definition) is 5. The molecule has 0 aromatic heterocycles. The van der Waals surface area contributed by atoms with Crippen LogP contribution in [0.3, 0.4) is 0 Å². The van der Waals surface area contributed by atoms with Crippen LogP contribution in [0.4, 0.5) is 0 Å². The molecule has 0 spiro atoms. The zero-order valence-electron chi connectivity index (χ0n) is 12.0. The zero-order chi connectivity index (χ0) is 14.8. The summed E-state index contributed by atoms with van der Waals surface area (Å²) in [4.78, 5) is 0. The van der Waals surface area contributed by atoms with Crippen LogP contribution >= 0.6 is 12.6 Å². The molecule has 0 saturated heterocycles. The van der Waals surface area contributed by atoms with Crippen molar-refractivity contribution in [3.8, 4) is 0 Å². The Morgan fingerprint density at radius 2 is 1.33 bits per heavy atom. The van der Waals surface area contributed by atoms with Gasteiger partial charge >= 0.3 is 0 Å². The zero-order valence-corrected chi connectivity index (χ0v) is 12.9. The molecule has 0 bridgehead atoms. The Labute approximate surface area is 115 Å². The van der Waals surface area contributed by atoms with Crippen LogP contribution in [0, 0.1) is 16.7 Å². The molecule has 0 heterocycles. The normalized spacial score (nSPS) is 45.8. The molecule has 3 unspecified atom stereocenters. The molecule has 106 valence electrons. The van der Waals surface area contributed by atoms with Gasteiger partial charge in [-0.15, -0.1) is 0 Å². The third kappa shape index (κ3) is 1.50. The molecule has 0 amide bonds. The van der Waals surface area contributed by atoms with Gasteiger partial charge in [0.25, 0.3) is 0 Å². The van der Waals surface area contributed by atoms with Gasteiger partial charge in [0.05, 0.1) is 11.1 Å². The number of aliphatic hydroxyl groups is 4. The van der Waals surface area contributed by atoms with Gasteiger partial charge in [-0.25, -0.2) is 0 Å². The molecule has 4 N–H and O–H groups in total. The number of rotatable bonds is 1. The van der Waals surface area contributed by atoms with Crippen LogP contribution < -0.4 is 0 Å². The second kappa shape index (κ2) is 3.89. The van der Waals surface area contributed by atoms with Gasteiger partial charge in [-0.2, -0.15) is 12.6 Å². The summed E-state index contributed by atoms with van der Waals surface area (Å²) in [6.07, 6.45) is 0. The Morgan fingerprint density at radius 3 is 1.67 bits per heavy atom. The summed E-state index contributed by atoms with van der Waals surface area (Å²) in [5, 5.41) is 42.3. The summed E-state index contributed by atoms with van der Waals surface area (Å²) in [6.45, 7) is 8.47. The Hall–Kier alpha value is 0.255. The van der Waals surface area contributed by atoms with Crippen LogP contribution in [0.15, 0.2) is 0 Å². The van der Waals surface area contributed by atoms with Crippen LogP contribution in [0.5, 0.6) is 0 Å². The predicted molar refractivity (Wildman–Crippen MR) is 76.2 cm³/mol. The fourth-order valence-corrected chi connectivity index (χ4v) is 3.99. The van der Waals surface area contributed by atoms with Gasteiger partial charge in [0.15, 0.2) is 13.6 Å². The van der Waals surface area contributed by atoms with Crippen molar-refractivity contribution < 1.29 is 20.4 Å². The van der Waals surface area contributed by atoms with E-state index in [-0.39, 0.29) is 5.75 Å². The molecule has 1 rings (SSSR count). The lowest BCUT2D eigenvalue weighted by Crippen LogP contribution is -2.81. The average Bonchev–Trinajstić information content (AvgIpc) is 2.15. The lowest BCUT2D eigenvalue weighted by Gasteiger charge is -2.68. The molecule has 1 aliphatic carbocycles. The summed E-state index contributed by atoms with van der Waals surface area (Å²) < 4.78 is 0. The highest BCUT2D eigenvalue weighted by atomic mass is 32.1. The van der Waals surface area contributed by atoms with Crippen LogP contribution in [0.1, 0.15) is 34.6 Å². The standard InChI is InChI=1S/C12H25BO4S/c1-8(2)9(3,4)12(16,17)11(13,15)7(6-18)10(8,5)14/h7,14-18H,6,13H2,1-5H3. The highest BCUT2D eigenvalue weighted by molar-refractivity contribution is 7.80. The second-order valence-electron chi connectivity index (χ2n) is 6.95. The fourth-order valence-electron chi connectivity index (χ4n) is 3.28. The minimum Gasteiger partial charge on any atom is -0.393 e. The van der Waals surface area contributed by atoms with E-state index in [0.29, 0.717) is 0 Å². The first-order chi connectivity index (χ1) is 7.69. The Balaban J connectivity index is 3.59. The third-order valence-electron chi connectivity index (χ3n) is 5.94. The highest BCUT2D eigenvalue weighted by Gasteiger charge is 2.74. The molecule has 0 aromatic rings. The minimum atomic E-state index is -2.32. The Bertz CT molecular complexity index is 320. The van der Waals surface area contributed by atoms with Gasteiger partial charge in [-0.1, -0.05) is 27.7 Å². The van der Waals surface area contributed by atoms with Crippen molar-refractivity contribution in [3.63, 3.8) is 0 Å². The summed E-state index contributed by atoms with van der Waals surface area (Å²) in [6, 6.07) is 0. The lowest BCUT2D eigenvalue weighted by molar-refractivity contribution is -0.391. The number of hydrogen-bond donors (Lipinski definition) is 5. The van der Waals surface area contributed by atoms with E-state index in [1.54, 1.807) is 34.6 Å². The highest BCUT2D eigenvalue weighted by Crippen LogP contribution is 2.63. The minimum absolute atomic E-state index is 0.155. The predicted octanol–water partition coefficient (Wildman–Crippen LogP) is -0.648. The van der Waals surface area contributed by atoms with E-state index in [9.17, 15) is 20.4 Å². The SMILES string of the molecule is BC1(O)C(CS)C(C)(O)C(C)(C)C(C)(C)C1(O)O. The first-order valence-electron chi connectivity index (χ1n) is 6.20. The van der Waals surface area contributed by atoms with Crippen molar-refractivity contribution in [2.24, 2.45) is 16.7 Å². The van der Waals surface area contributed by atoms with Crippen LogP contribution in [0.2, 0.25) is 0 Å². The van der Waals surface area contributed by atoms with E-state index >= 15 is 0 Å². The van der Waals surface area contributed by atoms with Crippen molar-refractivity contribution in [1.82, 2.24) is 0 Å². The molecule has 6 heteroatoms. The van der Waals surface area contributed by atoms with Gasteiger partial charge in [0.1, 0.15) is 0 Å². The van der Waals surface area contributed by atoms with Crippen LogP contribution in [-0.4, -0.2) is 50.9 Å². The average molecular weight is 276 g/mol. The van der Waals surface area contributed by atoms with Gasteiger partial charge in [0, 0.05) is 16.7 Å². The maximum Gasteiger partial charge on any atom is 0.190 e. The monoisotopic (exact) mass is 276 g/mol. The third-order valence-corrected chi connectivity index (χ3v) is 6.31. The van der Waals surface area contributed by atoms with Crippen molar-refractivity contribution in [3.05, 3.63) is 0 Å². The second-order valence-corrected chi connectivity index (χ2v) is 7.32. The molecule has 0 aromatic carbocycles. The van der Waals surface area contributed by atoms with E-state index in [4.69, 9.17) is 0 Å². The van der Waals surface area contributed by atoms with E-state index in [1.807, 2.05) is 0 Å². The first-order valence-corrected chi connectivity index (χ1v) is 6.83. The molecule has 1 aliphatic rings. The summed E-state index contributed by atoms with van der Waals surface area (Å²) >= 11 is 4.16. The van der Waals surface area contributed by atoms with Gasteiger partial charge in [-0.05, 0) is 12.7 Å². The largest absolute Gasteiger partial charge is 0.393 e. The molecule has 18 heavy (non-hydrogen) atoms. The fraction of sp³-hybridized carbons (Fsp3) is 1.00. The van der Waals surface area contributed by atoms with E-state index in [1.165, 1.54) is 7.85 Å². The smallest absolute Gasteiger partial charge is 0.190 e. The van der Waals surface area contributed by atoms with Gasteiger partial charge < -0.3 is 20.4 Å². The molecule has 4 nitrogen and oxygen atoms in total. The van der Waals surface area contributed by atoms with Crippen LogP contribution in [0.25, 0.3) is 0 Å². The van der Waals surface area contributed by atoms with Gasteiger partial charge in [0.2, 0.25) is 0 Å². The molecule has 0 aliphatic heterocycles. The summed E-state index contributed by atoms with van der Waals surface area (Å²) in [7, 11) is 1.35. The molecule has 0 radical (unpaired) electrons. The molecule has 3 atom stereocenters. The Kier molecular flexibility index (Phi) is 3.52. The summed E-state index contributed by atoms with van der Waals surface area (Å²) in [5.74, 6) is -2.92. The van der Waals surface area contributed by atoms with Gasteiger partial charge in [-0.3, -0.25) is 0 Å². The maximum absolute atomic E-state index is 10.8. The molecule has 1 saturated carbocycles. The van der Waals surface area contributed by atoms with E-state index in [2.05, 4.69) is 12.6 Å². The van der Waals surface area contributed by atoms with Crippen molar-refractivity contribution in [2.75, 3.05) is 5.75 Å².